The van der Waals surface area contributed by atoms with E-state index in [1.54, 1.807) is 6.33 Å². The second kappa shape index (κ2) is 6.07. The quantitative estimate of drug-likeness (QED) is 0.909. The normalized spacial score (nSPS) is 24.1. The number of ether oxygens (including phenoxy) is 1. The maximum atomic E-state index is 6.20. The molecular weight excluding hydrogens is 290 g/mol. The van der Waals surface area contributed by atoms with E-state index in [0.29, 0.717) is 6.04 Å². The number of hydrogen-bond acceptors (Lipinski definition) is 5. The van der Waals surface area contributed by atoms with Crippen LogP contribution in [0.4, 0.5) is 5.82 Å². The van der Waals surface area contributed by atoms with E-state index in [1.165, 1.54) is 32.1 Å². The zero-order valence-corrected chi connectivity index (χ0v) is 13.8. The number of nitrogens with one attached hydrogen (secondary N) is 2. The monoisotopic (exact) mass is 315 g/mol. The molecule has 23 heavy (non-hydrogen) atoms. The third kappa shape index (κ3) is 2.80. The molecule has 1 aliphatic carbocycles. The Balaban J connectivity index is 1.57. The van der Waals surface area contributed by atoms with Gasteiger partial charge in [-0.3, -0.25) is 5.10 Å². The van der Waals surface area contributed by atoms with Gasteiger partial charge >= 0.3 is 0 Å². The van der Waals surface area contributed by atoms with Crippen LogP contribution in [0.15, 0.2) is 6.33 Å². The molecule has 0 amide bonds. The van der Waals surface area contributed by atoms with E-state index in [-0.39, 0.29) is 5.60 Å². The molecule has 6 nitrogen and oxygen atoms in total. The predicted molar refractivity (Wildman–Crippen MR) is 89.5 cm³/mol. The molecule has 0 radical (unpaired) electrons. The molecule has 0 aromatic carbocycles. The first-order chi connectivity index (χ1) is 11.3. The van der Waals surface area contributed by atoms with E-state index in [1.807, 2.05) is 0 Å². The Morgan fingerprint density at radius 1 is 1.30 bits per heavy atom. The predicted octanol–water partition coefficient (Wildman–Crippen LogP) is 3.21. The van der Waals surface area contributed by atoms with Crippen molar-refractivity contribution in [2.24, 2.45) is 0 Å². The lowest BCUT2D eigenvalue weighted by Gasteiger charge is -2.43. The Hall–Kier alpha value is -1.69. The highest BCUT2D eigenvalue weighted by atomic mass is 16.5. The van der Waals surface area contributed by atoms with Gasteiger partial charge in [0, 0.05) is 18.3 Å². The van der Waals surface area contributed by atoms with Crippen LogP contribution in [0.2, 0.25) is 0 Å². The lowest BCUT2D eigenvalue weighted by Crippen LogP contribution is -2.45. The van der Waals surface area contributed by atoms with Crippen molar-refractivity contribution in [3.63, 3.8) is 0 Å². The van der Waals surface area contributed by atoms with Gasteiger partial charge < -0.3 is 10.1 Å². The van der Waals surface area contributed by atoms with Crippen molar-refractivity contribution in [2.45, 2.75) is 69.9 Å². The first-order valence-electron chi connectivity index (χ1n) is 8.88. The summed E-state index contributed by atoms with van der Waals surface area (Å²) in [5.74, 6) is 0.915. The lowest BCUT2D eigenvalue weighted by molar-refractivity contribution is -0.103. The average molecular weight is 315 g/mol. The van der Waals surface area contributed by atoms with Gasteiger partial charge in [-0.1, -0.05) is 26.2 Å². The minimum absolute atomic E-state index is 0.101. The highest BCUT2D eigenvalue weighted by molar-refractivity contribution is 5.88. The molecular formula is C17H25N5O. The minimum Gasteiger partial charge on any atom is -0.375 e. The summed E-state index contributed by atoms with van der Waals surface area (Å²) in [6, 6.07) is 0.416. The van der Waals surface area contributed by atoms with Crippen LogP contribution in [0.1, 0.15) is 57.6 Å². The van der Waals surface area contributed by atoms with Crippen LogP contribution in [-0.2, 0) is 11.2 Å². The van der Waals surface area contributed by atoms with Crippen molar-refractivity contribution < 1.29 is 4.74 Å². The van der Waals surface area contributed by atoms with Gasteiger partial charge in [0.05, 0.1) is 11.0 Å². The summed E-state index contributed by atoms with van der Waals surface area (Å²) < 4.78 is 6.20. The minimum atomic E-state index is 0.101. The van der Waals surface area contributed by atoms with Crippen molar-refractivity contribution in [2.75, 3.05) is 11.9 Å². The summed E-state index contributed by atoms with van der Waals surface area (Å²) in [5.41, 5.74) is 1.95. The first kappa shape index (κ1) is 14.9. The standard InChI is InChI=1S/C17H25N5O/c1-2-13-14-15(18-11-19-16(14)22-21-13)20-12-6-9-23-17(10-12)7-4-3-5-8-17/h11-12H,2-10H2,1H3,(H2,18,19,20,21,22). The Morgan fingerprint density at radius 2 is 2.17 bits per heavy atom. The van der Waals surface area contributed by atoms with Crippen molar-refractivity contribution in [3.8, 4) is 0 Å². The fourth-order valence-corrected chi connectivity index (χ4v) is 4.17. The molecule has 6 heteroatoms. The molecule has 4 rings (SSSR count). The second-order valence-corrected chi connectivity index (χ2v) is 6.90. The van der Waals surface area contributed by atoms with Gasteiger partial charge in [-0.05, 0) is 32.1 Å². The highest BCUT2D eigenvalue weighted by Gasteiger charge is 2.38. The molecule has 2 N–H and O–H groups in total. The maximum absolute atomic E-state index is 6.20. The van der Waals surface area contributed by atoms with Gasteiger partial charge in [-0.25, -0.2) is 9.97 Å². The Morgan fingerprint density at radius 3 is 3.00 bits per heavy atom. The van der Waals surface area contributed by atoms with Crippen LogP contribution in [0.5, 0.6) is 0 Å². The molecule has 1 atom stereocenters. The topological polar surface area (TPSA) is 75.7 Å². The van der Waals surface area contributed by atoms with Gasteiger partial charge in [0.25, 0.3) is 0 Å². The second-order valence-electron chi connectivity index (χ2n) is 6.90. The summed E-state index contributed by atoms with van der Waals surface area (Å²) in [4.78, 5) is 8.76. The molecule has 124 valence electrons. The van der Waals surface area contributed by atoms with Crippen LogP contribution in [0.3, 0.4) is 0 Å². The van der Waals surface area contributed by atoms with Gasteiger partial charge in [0.15, 0.2) is 5.65 Å². The number of H-pyrrole nitrogens is 1. The average Bonchev–Trinajstić information content (AvgIpc) is 3.00. The molecule has 2 aromatic heterocycles. The third-order valence-corrected chi connectivity index (χ3v) is 5.38. The molecule has 2 fully saturated rings. The number of nitrogens with zero attached hydrogens (tertiary/aromatic N) is 3. The Kier molecular flexibility index (Phi) is 3.93. The summed E-state index contributed by atoms with van der Waals surface area (Å²) in [6.45, 7) is 2.97. The number of anilines is 1. The van der Waals surface area contributed by atoms with Gasteiger partial charge in [0.2, 0.25) is 0 Å². The Labute approximate surface area is 136 Å². The maximum Gasteiger partial charge on any atom is 0.186 e. The van der Waals surface area contributed by atoms with Crippen molar-refractivity contribution in [1.82, 2.24) is 20.2 Å². The number of aromatic nitrogens is 4. The molecule has 2 aromatic rings. The zero-order chi connectivity index (χ0) is 15.7. The fraction of sp³-hybridized carbons (Fsp3) is 0.706. The zero-order valence-electron chi connectivity index (χ0n) is 13.8. The van der Waals surface area contributed by atoms with Crippen LogP contribution in [-0.4, -0.2) is 38.4 Å². The van der Waals surface area contributed by atoms with Crippen LogP contribution >= 0.6 is 0 Å². The van der Waals surface area contributed by atoms with Crippen LogP contribution in [0, 0.1) is 0 Å². The largest absolute Gasteiger partial charge is 0.375 e. The summed E-state index contributed by atoms with van der Waals surface area (Å²) in [6.07, 6.45) is 11.0. The lowest BCUT2D eigenvalue weighted by atomic mass is 9.78. The van der Waals surface area contributed by atoms with E-state index in [2.05, 4.69) is 32.4 Å². The van der Waals surface area contributed by atoms with E-state index in [0.717, 1.165) is 48.4 Å². The molecule has 1 aliphatic heterocycles. The smallest absolute Gasteiger partial charge is 0.186 e. The van der Waals surface area contributed by atoms with Crippen LogP contribution < -0.4 is 5.32 Å². The van der Waals surface area contributed by atoms with Gasteiger partial charge in [-0.15, -0.1) is 0 Å². The Bertz CT molecular complexity index is 671. The number of aromatic amines is 1. The van der Waals surface area contributed by atoms with E-state index in [9.17, 15) is 0 Å². The van der Waals surface area contributed by atoms with E-state index < -0.39 is 0 Å². The van der Waals surface area contributed by atoms with Gasteiger partial charge in [-0.2, -0.15) is 5.10 Å². The molecule has 3 heterocycles. The third-order valence-electron chi connectivity index (χ3n) is 5.38. The SMILES string of the molecule is CCc1[nH]nc2ncnc(NC3CCOC4(CCCCC4)C3)c12. The van der Waals surface area contributed by atoms with Crippen LogP contribution in [0.25, 0.3) is 11.0 Å². The van der Waals surface area contributed by atoms with E-state index >= 15 is 0 Å². The van der Waals surface area contributed by atoms with Gasteiger partial charge in [0.1, 0.15) is 12.1 Å². The number of rotatable bonds is 3. The molecule has 1 unspecified atom stereocenters. The summed E-state index contributed by atoms with van der Waals surface area (Å²) in [5, 5.41) is 12.1. The van der Waals surface area contributed by atoms with Crippen molar-refractivity contribution >= 4 is 16.9 Å². The molecule has 0 bridgehead atoms. The van der Waals surface area contributed by atoms with Crippen molar-refractivity contribution in [1.29, 1.82) is 0 Å². The highest BCUT2D eigenvalue weighted by Crippen LogP contribution is 2.39. The first-order valence-corrected chi connectivity index (χ1v) is 8.88. The molecule has 1 saturated heterocycles. The number of aryl methyl sites for hydroxylation is 1. The fourth-order valence-electron chi connectivity index (χ4n) is 4.17. The van der Waals surface area contributed by atoms with Crippen molar-refractivity contribution in [3.05, 3.63) is 12.0 Å². The molecule has 1 spiro atoms. The molecule has 2 aliphatic rings. The molecule has 1 saturated carbocycles. The number of fused-ring (bicyclic) bond motifs is 1. The number of hydrogen-bond donors (Lipinski definition) is 2. The summed E-state index contributed by atoms with van der Waals surface area (Å²) >= 11 is 0. The van der Waals surface area contributed by atoms with E-state index in [4.69, 9.17) is 4.74 Å². The summed E-state index contributed by atoms with van der Waals surface area (Å²) in [7, 11) is 0.